The van der Waals surface area contributed by atoms with Gasteiger partial charge in [-0.1, -0.05) is 25.5 Å². The van der Waals surface area contributed by atoms with E-state index in [1.165, 1.54) is 37.8 Å². The fourth-order valence-corrected chi connectivity index (χ4v) is 3.72. The highest BCUT2D eigenvalue weighted by molar-refractivity contribution is 8.00. The first-order valence-corrected chi connectivity index (χ1v) is 9.53. The van der Waals surface area contributed by atoms with Gasteiger partial charge in [0.1, 0.15) is 0 Å². The minimum atomic E-state index is 0.000891. The number of unbranched alkanes of at least 4 members (excludes halogenated alkanes) is 1. The summed E-state index contributed by atoms with van der Waals surface area (Å²) in [6.45, 7) is 6.36. The molecule has 0 saturated carbocycles. The number of nitrogens with zero attached hydrogens (tertiary/aromatic N) is 1. The number of hydrogen-bond donors (Lipinski definition) is 1. The van der Waals surface area contributed by atoms with Crippen molar-refractivity contribution in [2.24, 2.45) is 0 Å². The second kappa shape index (κ2) is 9.09. The van der Waals surface area contributed by atoms with Crippen molar-refractivity contribution in [2.75, 3.05) is 29.1 Å². The second-order valence-electron chi connectivity index (χ2n) is 5.92. The van der Waals surface area contributed by atoms with Crippen LogP contribution in [0.3, 0.4) is 0 Å². The third kappa shape index (κ3) is 4.94. The Morgan fingerprint density at radius 3 is 2.73 bits per heavy atom. The molecule has 3 nitrogen and oxygen atoms in total. The van der Waals surface area contributed by atoms with Gasteiger partial charge in [0.2, 0.25) is 5.91 Å². The van der Waals surface area contributed by atoms with Gasteiger partial charge >= 0.3 is 0 Å². The van der Waals surface area contributed by atoms with E-state index in [0.717, 1.165) is 24.5 Å². The zero-order valence-electron chi connectivity index (χ0n) is 13.8. The lowest BCUT2D eigenvalue weighted by molar-refractivity contribution is -0.115. The van der Waals surface area contributed by atoms with Crippen LogP contribution in [0.4, 0.5) is 11.4 Å². The minimum Gasteiger partial charge on any atom is -0.370 e. The molecule has 1 aromatic rings. The van der Waals surface area contributed by atoms with Crippen molar-refractivity contribution in [3.63, 3.8) is 0 Å². The van der Waals surface area contributed by atoms with Crippen LogP contribution in [0.1, 0.15) is 46.0 Å². The van der Waals surface area contributed by atoms with Gasteiger partial charge in [-0.15, -0.1) is 11.8 Å². The number of rotatable bonds is 7. The highest BCUT2D eigenvalue weighted by Crippen LogP contribution is 2.29. The number of benzene rings is 1. The average molecular weight is 321 g/mol. The quantitative estimate of drug-likeness (QED) is 0.749. The van der Waals surface area contributed by atoms with Crippen LogP contribution in [0.5, 0.6) is 0 Å². The topological polar surface area (TPSA) is 32.3 Å². The average Bonchev–Trinajstić information content (AvgIpc) is 2.56. The molecule has 0 spiro atoms. The van der Waals surface area contributed by atoms with E-state index < -0.39 is 0 Å². The van der Waals surface area contributed by atoms with E-state index in [1.807, 2.05) is 19.1 Å². The number of amides is 1. The van der Waals surface area contributed by atoms with Gasteiger partial charge in [0, 0.05) is 13.1 Å². The largest absolute Gasteiger partial charge is 0.370 e. The molecule has 1 aromatic carbocycles. The maximum Gasteiger partial charge on any atom is 0.237 e. The highest BCUT2D eigenvalue weighted by atomic mass is 32.2. The summed E-state index contributed by atoms with van der Waals surface area (Å²) < 4.78 is 0. The Morgan fingerprint density at radius 2 is 2.00 bits per heavy atom. The molecule has 0 aromatic heterocycles. The molecule has 22 heavy (non-hydrogen) atoms. The Labute approximate surface area is 138 Å². The number of thioether (sulfide) groups is 1. The van der Waals surface area contributed by atoms with Gasteiger partial charge in [-0.05, 0) is 50.5 Å². The minimum absolute atomic E-state index is 0.000891. The maximum atomic E-state index is 12.4. The van der Waals surface area contributed by atoms with Crippen molar-refractivity contribution in [1.82, 2.24) is 0 Å². The zero-order chi connectivity index (χ0) is 15.8. The molecule has 122 valence electrons. The van der Waals surface area contributed by atoms with Crippen LogP contribution in [0.2, 0.25) is 0 Å². The van der Waals surface area contributed by atoms with Crippen LogP contribution in [-0.2, 0) is 4.79 Å². The van der Waals surface area contributed by atoms with E-state index in [-0.39, 0.29) is 11.2 Å². The predicted octanol–water partition coefficient (Wildman–Crippen LogP) is 4.54. The molecule has 1 unspecified atom stereocenters. The smallest absolute Gasteiger partial charge is 0.237 e. The van der Waals surface area contributed by atoms with Crippen LogP contribution in [0.15, 0.2) is 24.3 Å². The van der Waals surface area contributed by atoms with E-state index in [9.17, 15) is 4.79 Å². The molecule has 1 aliphatic rings. The van der Waals surface area contributed by atoms with Crippen LogP contribution >= 0.6 is 11.8 Å². The van der Waals surface area contributed by atoms with Crippen molar-refractivity contribution < 1.29 is 4.79 Å². The fourth-order valence-electron chi connectivity index (χ4n) is 2.70. The van der Waals surface area contributed by atoms with Crippen molar-refractivity contribution in [3.05, 3.63) is 24.3 Å². The first-order valence-electron chi connectivity index (χ1n) is 8.49. The Morgan fingerprint density at radius 1 is 1.27 bits per heavy atom. The Kier molecular flexibility index (Phi) is 7.10. The molecule has 0 radical (unpaired) electrons. The van der Waals surface area contributed by atoms with Crippen LogP contribution in [0.25, 0.3) is 0 Å². The van der Waals surface area contributed by atoms with Crippen molar-refractivity contribution in [3.8, 4) is 0 Å². The van der Waals surface area contributed by atoms with E-state index in [2.05, 4.69) is 29.3 Å². The molecule has 1 amide bonds. The molecule has 1 fully saturated rings. The molecule has 1 saturated heterocycles. The van der Waals surface area contributed by atoms with Gasteiger partial charge < -0.3 is 10.2 Å². The van der Waals surface area contributed by atoms with Crippen LogP contribution in [-0.4, -0.2) is 30.0 Å². The van der Waals surface area contributed by atoms with Gasteiger partial charge in [0.05, 0.1) is 16.6 Å². The third-order valence-electron chi connectivity index (χ3n) is 4.09. The monoisotopic (exact) mass is 320 g/mol. The van der Waals surface area contributed by atoms with Gasteiger partial charge in [-0.25, -0.2) is 0 Å². The predicted molar refractivity (Wildman–Crippen MR) is 98.0 cm³/mol. The standard InChI is InChI=1S/C18H28N2OS/c1-3-4-14-22-15(2)18(21)19-16-10-6-7-11-17(16)20-12-8-5-9-13-20/h6-7,10-11,15H,3-5,8-9,12-14H2,1-2H3,(H,19,21). The molecule has 1 aliphatic heterocycles. The lowest BCUT2D eigenvalue weighted by Crippen LogP contribution is -2.31. The van der Waals surface area contributed by atoms with E-state index >= 15 is 0 Å². The number of para-hydroxylation sites is 2. The van der Waals surface area contributed by atoms with Crippen molar-refractivity contribution >= 4 is 29.0 Å². The summed E-state index contributed by atoms with van der Waals surface area (Å²) in [5.41, 5.74) is 2.12. The molecule has 1 atom stereocenters. The molecule has 1 N–H and O–H groups in total. The summed E-state index contributed by atoms with van der Waals surface area (Å²) in [6.07, 6.45) is 6.15. The number of hydrogen-bond acceptors (Lipinski definition) is 3. The molecular formula is C18H28N2OS. The summed E-state index contributed by atoms with van der Waals surface area (Å²) in [4.78, 5) is 14.8. The number of anilines is 2. The molecule has 0 bridgehead atoms. The van der Waals surface area contributed by atoms with E-state index in [1.54, 1.807) is 11.8 Å². The highest BCUT2D eigenvalue weighted by Gasteiger charge is 2.18. The van der Waals surface area contributed by atoms with Gasteiger partial charge in [-0.2, -0.15) is 0 Å². The molecule has 1 heterocycles. The first kappa shape index (κ1) is 17.2. The van der Waals surface area contributed by atoms with Gasteiger partial charge in [0.25, 0.3) is 0 Å². The Bertz CT molecular complexity index is 472. The van der Waals surface area contributed by atoms with E-state index in [4.69, 9.17) is 0 Å². The third-order valence-corrected chi connectivity index (χ3v) is 5.33. The normalized spacial score (nSPS) is 16.4. The Hall–Kier alpha value is -1.16. The Balaban J connectivity index is 1.98. The second-order valence-corrected chi connectivity index (χ2v) is 7.37. The number of nitrogens with one attached hydrogen (secondary N) is 1. The summed E-state index contributed by atoms with van der Waals surface area (Å²) in [6, 6.07) is 8.19. The summed E-state index contributed by atoms with van der Waals surface area (Å²) in [5, 5.41) is 3.13. The number of piperidine rings is 1. The number of carbonyl (C=O) groups is 1. The fraction of sp³-hybridized carbons (Fsp3) is 0.611. The molecule has 0 aliphatic carbocycles. The van der Waals surface area contributed by atoms with Crippen molar-refractivity contribution in [2.45, 2.75) is 51.2 Å². The maximum absolute atomic E-state index is 12.4. The SMILES string of the molecule is CCCCSC(C)C(=O)Nc1ccccc1N1CCCCC1. The molecule has 4 heteroatoms. The van der Waals surface area contributed by atoms with E-state index in [0.29, 0.717) is 0 Å². The van der Waals surface area contributed by atoms with Crippen LogP contribution < -0.4 is 10.2 Å². The number of carbonyl (C=O) groups excluding carboxylic acids is 1. The lowest BCUT2D eigenvalue weighted by atomic mass is 10.1. The lowest BCUT2D eigenvalue weighted by Gasteiger charge is -2.30. The molecular weight excluding hydrogens is 292 g/mol. The first-order chi connectivity index (χ1) is 10.7. The molecule has 2 rings (SSSR count). The summed E-state index contributed by atoms with van der Waals surface area (Å²) in [7, 11) is 0. The van der Waals surface area contributed by atoms with Crippen molar-refractivity contribution in [1.29, 1.82) is 0 Å². The van der Waals surface area contributed by atoms with Gasteiger partial charge in [0.15, 0.2) is 0 Å². The summed E-state index contributed by atoms with van der Waals surface area (Å²) in [5.74, 6) is 1.17. The van der Waals surface area contributed by atoms with Crippen LogP contribution in [0, 0.1) is 0 Å². The summed E-state index contributed by atoms with van der Waals surface area (Å²) >= 11 is 1.74. The zero-order valence-corrected chi connectivity index (χ0v) is 14.6. The van der Waals surface area contributed by atoms with Gasteiger partial charge in [-0.3, -0.25) is 4.79 Å².